The van der Waals surface area contributed by atoms with Gasteiger partial charge in [-0.15, -0.1) is 11.8 Å². The van der Waals surface area contributed by atoms with Gasteiger partial charge in [-0.05, 0) is 12.8 Å². The molecular formula is C11H19N3O2S. The normalized spacial score (nSPS) is 25.9. The van der Waals surface area contributed by atoms with Crippen molar-refractivity contribution in [2.24, 2.45) is 5.92 Å². The minimum atomic E-state index is -0.0171. The molecule has 17 heavy (non-hydrogen) atoms. The number of amides is 2. The molecule has 1 atom stereocenters. The molecule has 2 aliphatic heterocycles. The topological polar surface area (TPSA) is 61.4 Å². The fourth-order valence-electron chi connectivity index (χ4n) is 2.34. The number of hydrogen-bond acceptors (Lipinski definition) is 4. The maximum Gasteiger partial charge on any atom is 0.240 e. The Hall–Kier alpha value is -0.750. The summed E-state index contributed by atoms with van der Waals surface area (Å²) in [4.78, 5) is 25.5. The standard InChI is InChI=1S/C11H19N3O2S/c1-12-10(15)8-2-4-14(5-3-8)11(16)9-6-17-7-13-9/h8-9,13H,2-7H2,1H3,(H,12,15). The summed E-state index contributed by atoms with van der Waals surface area (Å²) in [6, 6.07) is -0.0171. The highest BCUT2D eigenvalue weighted by atomic mass is 32.2. The third kappa shape index (κ3) is 2.93. The summed E-state index contributed by atoms with van der Waals surface area (Å²) >= 11 is 1.76. The van der Waals surface area contributed by atoms with E-state index in [1.54, 1.807) is 18.8 Å². The Balaban J connectivity index is 1.82. The van der Waals surface area contributed by atoms with E-state index >= 15 is 0 Å². The number of likely N-dealkylation sites (tertiary alicyclic amines) is 1. The number of piperidine rings is 1. The first-order chi connectivity index (χ1) is 8.22. The van der Waals surface area contributed by atoms with Gasteiger partial charge in [0.1, 0.15) is 0 Å². The molecule has 2 heterocycles. The van der Waals surface area contributed by atoms with E-state index < -0.39 is 0 Å². The lowest BCUT2D eigenvalue weighted by Gasteiger charge is -2.32. The number of carbonyl (C=O) groups is 2. The molecule has 0 saturated carbocycles. The highest BCUT2D eigenvalue weighted by molar-refractivity contribution is 7.99. The summed E-state index contributed by atoms with van der Waals surface area (Å²) in [6.07, 6.45) is 1.57. The molecule has 2 saturated heterocycles. The van der Waals surface area contributed by atoms with Gasteiger partial charge in [0.05, 0.1) is 6.04 Å². The van der Waals surface area contributed by atoms with Crippen molar-refractivity contribution >= 4 is 23.6 Å². The van der Waals surface area contributed by atoms with Crippen LogP contribution in [0.5, 0.6) is 0 Å². The molecule has 0 aromatic rings. The van der Waals surface area contributed by atoms with Gasteiger partial charge in [0, 0.05) is 37.7 Å². The van der Waals surface area contributed by atoms with Crippen molar-refractivity contribution in [3.05, 3.63) is 0 Å². The van der Waals surface area contributed by atoms with Crippen molar-refractivity contribution in [2.75, 3.05) is 31.8 Å². The number of carbonyl (C=O) groups excluding carboxylic acids is 2. The second kappa shape index (κ2) is 5.73. The van der Waals surface area contributed by atoms with Gasteiger partial charge in [-0.3, -0.25) is 14.9 Å². The number of hydrogen-bond donors (Lipinski definition) is 2. The number of nitrogens with zero attached hydrogens (tertiary/aromatic N) is 1. The van der Waals surface area contributed by atoms with Crippen LogP contribution in [0.25, 0.3) is 0 Å². The largest absolute Gasteiger partial charge is 0.359 e. The second-order valence-electron chi connectivity index (χ2n) is 4.49. The lowest BCUT2D eigenvalue weighted by Crippen LogP contribution is -2.49. The van der Waals surface area contributed by atoms with Crippen LogP contribution < -0.4 is 10.6 Å². The summed E-state index contributed by atoms with van der Waals surface area (Å²) < 4.78 is 0. The van der Waals surface area contributed by atoms with Gasteiger partial charge in [0.25, 0.3) is 0 Å². The Morgan fingerprint density at radius 1 is 1.35 bits per heavy atom. The first kappa shape index (κ1) is 12.7. The Labute approximate surface area is 106 Å². The molecule has 1 unspecified atom stereocenters. The summed E-state index contributed by atoms with van der Waals surface area (Å²) in [5.74, 6) is 2.12. The lowest BCUT2D eigenvalue weighted by atomic mass is 9.95. The molecule has 2 N–H and O–H groups in total. The van der Waals surface area contributed by atoms with E-state index in [-0.39, 0.29) is 23.8 Å². The third-order valence-electron chi connectivity index (χ3n) is 3.44. The average Bonchev–Trinajstić information content (AvgIpc) is 2.91. The second-order valence-corrected chi connectivity index (χ2v) is 5.52. The highest BCUT2D eigenvalue weighted by Gasteiger charge is 2.31. The summed E-state index contributed by atoms with van der Waals surface area (Å²) in [5, 5.41) is 5.87. The molecule has 0 spiro atoms. The molecule has 6 heteroatoms. The van der Waals surface area contributed by atoms with Gasteiger partial charge >= 0.3 is 0 Å². The zero-order chi connectivity index (χ0) is 12.3. The van der Waals surface area contributed by atoms with Crippen LogP contribution >= 0.6 is 11.8 Å². The number of nitrogens with one attached hydrogen (secondary N) is 2. The SMILES string of the molecule is CNC(=O)C1CCN(C(=O)C2CSCN2)CC1. The predicted octanol–water partition coefficient (Wildman–Crippen LogP) is -0.366. The zero-order valence-electron chi connectivity index (χ0n) is 10.1. The minimum absolute atomic E-state index is 0.0171. The molecule has 0 bridgehead atoms. The van der Waals surface area contributed by atoms with E-state index in [1.165, 1.54) is 0 Å². The smallest absolute Gasteiger partial charge is 0.240 e. The lowest BCUT2D eigenvalue weighted by molar-refractivity contribution is -0.136. The van der Waals surface area contributed by atoms with E-state index in [1.807, 2.05) is 4.90 Å². The monoisotopic (exact) mass is 257 g/mol. The first-order valence-electron chi connectivity index (χ1n) is 6.04. The average molecular weight is 257 g/mol. The first-order valence-corrected chi connectivity index (χ1v) is 7.19. The van der Waals surface area contributed by atoms with Crippen LogP contribution in [0.4, 0.5) is 0 Å². The molecule has 0 aromatic heterocycles. The zero-order valence-corrected chi connectivity index (χ0v) is 10.9. The molecule has 2 fully saturated rings. The van der Waals surface area contributed by atoms with Crippen LogP contribution in [-0.2, 0) is 9.59 Å². The molecular weight excluding hydrogens is 238 g/mol. The van der Waals surface area contributed by atoms with Crippen molar-refractivity contribution in [1.29, 1.82) is 0 Å². The van der Waals surface area contributed by atoms with Crippen LogP contribution in [0.3, 0.4) is 0 Å². The van der Waals surface area contributed by atoms with Gasteiger partial charge in [0.2, 0.25) is 11.8 Å². The summed E-state index contributed by atoms with van der Waals surface area (Å²) in [7, 11) is 1.67. The van der Waals surface area contributed by atoms with E-state index in [2.05, 4.69) is 10.6 Å². The molecule has 2 rings (SSSR count). The maximum absolute atomic E-state index is 12.1. The fourth-order valence-corrected chi connectivity index (χ4v) is 3.27. The van der Waals surface area contributed by atoms with E-state index in [0.29, 0.717) is 13.1 Å². The number of rotatable bonds is 2. The van der Waals surface area contributed by atoms with Crippen LogP contribution in [0.1, 0.15) is 12.8 Å². The van der Waals surface area contributed by atoms with Crippen LogP contribution in [0.15, 0.2) is 0 Å². The fraction of sp³-hybridized carbons (Fsp3) is 0.818. The Morgan fingerprint density at radius 2 is 2.06 bits per heavy atom. The summed E-state index contributed by atoms with van der Waals surface area (Å²) in [5.41, 5.74) is 0. The van der Waals surface area contributed by atoms with Crippen molar-refractivity contribution in [3.63, 3.8) is 0 Å². The Morgan fingerprint density at radius 3 is 2.59 bits per heavy atom. The van der Waals surface area contributed by atoms with Crippen molar-refractivity contribution in [1.82, 2.24) is 15.5 Å². The van der Waals surface area contributed by atoms with Gasteiger partial charge < -0.3 is 10.2 Å². The van der Waals surface area contributed by atoms with Crippen LogP contribution in [0, 0.1) is 5.92 Å². The Kier molecular flexibility index (Phi) is 4.28. The highest BCUT2D eigenvalue weighted by Crippen LogP contribution is 2.19. The summed E-state index contributed by atoms with van der Waals surface area (Å²) in [6.45, 7) is 1.42. The van der Waals surface area contributed by atoms with E-state index in [9.17, 15) is 9.59 Å². The van der Waals surface area contributed by atoms with E-state index in [4.69, 9.17) is 0 Å². The Bertz CT molecular complexity index is 297. The molecule has 96 valence electrons. The van der Waals surface area contributed by atoms with Crippen molar-refractivity contribution < 1.29 is 9.59 Å². The van der Waals surface area contributed by atoms with Crippen molar-refractivity contribution in [3.8, 4) is 0 Å². The molecule has 2 aliphatic rings. The van der Waals surface area contributed by atoms with Gasteiger partial charge in [-0.2, -0.15) is 0 Å². The predicted molar refractivity (Wildman–Crippen MR) is 67.6 cm³/mol. The molecule has 2 amide bonds. The van der Waals surface area contributed by atoms with Gasteiger partial charge in [-0.25, -0.2) is 0 Å². The third-order valence-corrected chi connectivity index (χ3v) is 4.38. The van der Waals surface area contributed by atoms with Crippen LogP contribution in [-0.4, -0.2) is 54.5 Å². The van der Waals surface area contributed by atoms with Gasteiger partial charge in [0.15, 0.2) is 0 Å². The quantitative estimate of drug-likeness (QED) is 0.709. The molecule has 0 radical (unpaired) electrons. The molecule has 0 aromatic carbocycles. The van der Waals surface area contributed by atoms with Crippen LogP contribution in [0.2, 0.25) is 0 Å². The van der Waals surface area contributed by atoms with E-state index in [0.717, 1.165) is 24.5 Å². The molecule has 0 aliphatic carbocycles. The minimum Gasteiger partial charge on any atom is -0.359 e. The number of thioether (sulfide) groups is 1. The molecule has 5 nitrogen and oxygen atoms in total. The van der Waals surface area contributed by atoms with Gasteiger partial charge in [-0.1, -0.05) is 0 Å². The van der Waals surface area contributed by atoms with Crippen molar-refractivity contribution in [2.45, 2.75) is 18.9 Å². The maximum atomic E-state index is 12.1.